The molecule has 0 aromatic heterocycles. The summed E-state index contributed by atoms with van der Waals surface area (Å²) in [6.45, 7) is 0. The third-order valence-corrected chi connectivity index (χ3v) is 3.81. The number of carbonyl (C=O) groups is 1. The fourth-order valence-electron chi connectivity index (χ4n) is 1.70. The normalized spacial score (nSPS) is 13.7. The minimum atomic E-state index is -1.59. The Kier molecular flexibility index (Phi) is 4.79. The molecule has 2 rings (SSSR count). The zero-order chi connectivity index (χ0) is 14.5. The fourth-order valence-corrected chi connectivity index (χ4v) is 2.53. The van der Waals surface area contributed by atoms with Crippen LogP contribution in [0.2, 0.25) is 0 Å². The Morgan fingerprint density at radius 1 is 0.950 bits per heavy atom. The van der Waals surface area contributed by atoms with Crippen LogP contribution in [0.1, 0.15) is 11.7 Å². The second-order valence-electron chi connectivity index (χ2n) is 4.28. The van der Waals surface area contributed by atoms with Crippen LogP contribution in [0.15, 0.2) is 64.4 Å². The van der Waals surface area contributed by atoms with E-state index in [0.29, 0.717) is 5.56 Å². The molecule has 0 radical (unpaired) electrons. The Morgan fingerprint density at radius 3 is 2.05 bits per heavy atom. The lowest BCUT2D eigenvalue weighted by Crippen LogP contribution is -2.33. The van der Waals surface area contributed by atoms with Crippen LogP contribution in [0.5, 0.6) is 0 Å². The Morgan fingerprint density at radius 2 is 1.50 bits per heavy atom. The number of hydrogen-bond donors (Lipinski definition) is 3. The van der Waals surface area contributed by atoms with Crippen molar-refractivity contribution in [1.29, 1.82) is 0 Å². The summed E-state index contributed by atoms with van der Waals surface area (Å²) in [4.78, 5) is 12.9. The molecular weight excluding hydrogens is 274 g/mol. The van der Waals surface area contributed by atoms with Gasteiger partial charge in [-0.2, -0.15) is 0 Å². The summed E-state index contributed by atoms with van der Waals surface area (Å²) in [6.07, 6.45) is -2.90. The number of primary amides is 1. The molecule has 0 aliphatic heterocycles. The molecule has 0 saturated carbocycles. The molecule has 1 amide bonds. The van der Waals surface area contributed by atoms with Gasteiger partial charge in [-0.3, -0.25) is 4.79 Å². The first kappa shape index (κ1) is 14.6. The fraction of sp³-hybridized carbons (Fsp3) is 0.133. The smallest absolute Gasteiger partial charge is 0.249 e. The topological polar surface area (TPSA) is 83.6 Å². The van der Waals surface area contributed by atoms with Crippen molar-refractivity contribution in [3.8, 4) is 0 Å². The lowest BCUT2D eigenvalue weighted by molar-refractivity contribution is -0.131. The van der Waals surface area contributed by atoms with E-state index in [9.17, 15) is 15.0 Å². The Bertz CT molecular complexity index is 571. The van der Waals surface area contributed by atoms with Gasteiger partial charge in [-0.1, -0.05) is 42.1 Å². The second-order valence-corrected chi connectivity index (χ2v) is 5.42. The van der Waals surface area contributed by atoms with Gasteiger partial charge in [0.1, 0.15) is 6.10 Å². The van der Waals surface area contributed by atoms with Crippen molar-refractivity contribution in [2.24, 2.45) is 5.73 Å². The molecule has 5 heteroatoms. The number of nitrogens with two attached hydrogens (primary N) is 1. The van der Waals surface area contributed by atoms with Gasteiger partial charge in [-0.25, -0.2) is 0 Å². The molecule has 0 spiro atoms. The van der Waals surface area contributed by atoms with Crippen molar-refractivity contribution in [3.05, 3.63) is 60.2 Å². The average Bonchev–Trinajstić information content (AvgIpc) is 2.47. The second kappa shape index (κ2) is 6.56. The van der Waals surface area contributed by atoms with E-state index in [1.165, 1.54) is 0 Å². The minimum Gasteiger partial charge on any atom is -0.385 e. The van der Waals surface area contributed by atoms with Gasteiger partial charge in [-0.05, 0) is 29.8 Å². The Balaban J connectivity index is 2.08. The number of aliphatic hydroxyl groups is 2. The van der Waals surface area contributed by atoms with Crippen LogP contribution >= 0.6 is 11.8 Å². The highest BCUT2D eigenvalue weighted by Crippen LogP contribution is 2.28. The van der Waals surface area contributed by atoms with Crippen LogP contribution in [0, 0.1) is 0 Å². The van der Waals surface area contributed by atoms with E-state index in [-0.39, 0.29) is 0 Å². The van der Waals surface area contributed by atoms with Crippen LogP contribution in [-0.2, 0) is 4.79 Å². The SMILES string of the molecule is NC(=O)C(O)C(O)c1ccc(Sc2ccccc2)cc1. The standard InChI is InChI=1S/C15H15NO3S/c16-15(19)14(18)13(17)10-6-8-12(9-7-10)20-11-4-2-1-3-5-11/h1-9,13-14,17-18H,(H2,16,19). The molecule has 104 valence electrons. The molecule has 2 aromatic rings. The molecule has 4 N–H and O–H groups in total. The van der Waals surface area contributed by atoms with Gasteiger partial charge in [0.15, 0.2) is 6.10 Å². The van der Waals surface area contributed by atoms with E-state index in [2.05, 4.69) is 0 Å². The zero-order valence-corrected chi connectivity index (χ0v) is 11.5. The summed E-state index contributed by atoms with van der Waals surface area (Å²) in [5, 5.41) is 19.2. The first-order valence-corrected chi connectivity index (χ1v) is 6.88. The first-order valence-electron chi connectivity index (χ1n) is 6.06. The number of benzene rings is 2. The van der Waals surface area contributed by atoms with Gasteiger partial charge in [0.05, 0.1) is 0 Å². The number of amides is 1. The van der Waals surface area contributed by atoms with Crippen molar-refractivity contribution in [2.75, 3.05) is 0 Å². The maximum absolute atomic E-state index is 10.8. The van der Waals surface area contributed by atoms with E-state index in [1.54, 1.807) is 23.9 Å². The predicted molar refractivity (Wildman–Crippen MR) is 77.2 cm³/mol. The van der Waals surface area contributed by atoms with Crippen molar-refractivity contribution >= 4 is 17.7 Å². The highest BCUT2D eigenvalue weighted by atomic mass is 32.2. The van der Waals surface area contributed by atoms with Crippen LogP contribution in [-0.4, -0.2) is 22.2 Å². The molecular formula is C15H15NO3S. The molecule has 2 unspecified atom stereocenters. The van der Waals surface area contributed by atoms with E-state index >= 15 is 0 Å². The van der Waals surface area contributed by atoms with Gasteiger partial charge in [0.2, 0.25) is 5.91 Å². The lowest BCUT2D eigenvalue weighted by atomic mass is 10.0. The van der Waals surface area contributed by atoms with Crippen molar-refractivity contribution in [3.63, 3.8) is 0 Å². The third kappa shape index (κ3) is 3.60. The highest BCUT2D eigenvalue weighted by Gasteiger charge is 2.23. The predicted octanol–water partition coefficient (Wildman–Crippen LogP) is 1.72. The summed E-state index contributed by atoms with van der Waals surface area (Å²) in [5.74, 6) is -0.944. The maximum Gasteiger partial charge on any atom is 0.249 e. The molecule has 0 fully saturated rings. The third-order valence-electron chi connectivity index (χ3n) is 2.79. The summed E-state index contributed by atoms with van der Waals surface area (Å²) in [5.41, 5.74) is 5.41. The van der Waals surface area contributed by atoms with Crippen LogP contribution < -0.4 is 5.73 Å². The maximum atomic E-state index is 10.8. The van der Waals surface area contributed by atoms with Gasteiger partial charge in [0, 0.05) is 9.79 Å². The quantitative estimate of drug-likeness (QED) is 0.782. The molecule has 0 aliphatic rings. The minimum absolute atomic E-state index is 0.453. The molecule has 2 aromatic carbocycles. The number of aliphatic hydroxyl groups excluding tert-OH is 2. The molecule has 0 heterocycles. The average molecular weight is 289 g/mol. The van der Waals surface area contributed by atoms with Crippen LogP contribution in [0.4, 0.5) is 0 Å². The van der Waals surface area contributed by atoms with E-state index in [0.717, 1.165) is 9.79 Å². The van der Waals surface area contributed by atoms with Crippen LogP contribution in [0.25, 0.3) is 0 Å². The number of carbonyl (C=O) groups excluding carboxylic acids is 1. The van der Waals surface area contributed by atoms with Crippen LogP contribution in [0.3, 0.4) is 0 Å². The summed E-state index contributed by atoms with van der Waals surface area (Å²) >= 11 is 1.59. The van der Waals surface area contributed by atoms with Gasteiger partial charge >= 0.3 is 0 Å². The molecule has 0 aliphatic carbocycles. The largest absolute Gasteiger partial charge is 0.385 e. The lowest BCUT2D eigenvalue weighted by Gasteiger charge is -2.15. The van der Waals surface area contributed by atoms with Crippen molar-refractivity contribution in [2.45, 2.75) is 22.0 Å². The van der Waals surface area contributed by atoms with E-state index in [4.69, 9.17) is 5.73 Å². The van der Waals surface area contributed by atoms with Gasteiger partial charge in [0.25, 0.3) is 0 Å². The number of hydrogen-bond acceptors (Lipinski definition) is 4. The first-order chi connectivity index (χ1) is 9.58. The molecule has 0 saturated heterocycles. The molecule has 2 atom stereocenters. The summed E-state index contributed by atoms with van der Waals surface area (Å²) in [6, 6.07) is 16.9. The zero-order valence-electron chi connectivity index (χ0n) is 10.6. The Labute approximate surface area is 121 Å². The Hall–Kier alpha value is -1.82. The van der Waals surface area contributed by atoms with E-state index in [1.807, 2.05) is 42.5 Å². The van der Waals surface area contributed by atoms with Crippen molar-refractivity contribution < 1.29 is 15.0 Å². The molecule has 0 bridgehead atoms. The van der Waals surface area contributed by atoms with E-state index < -0.39 is 18.1 Å². The van der Waals surface area contributed by atoms with Gasteiger partial charge in [-0.15, -0.1) is 0 Å². The monoisotopic (exact) mass is 289 g/mol. The molecule has 4 nitrogen and oxygen atoms in total. The van der Waals surface area contributed by atoms with Gasteiger partial charge < -0.3 is 15.9 Å². The summed E-state index contributed by atoms with van der Waals surface area (Å²) < 4.78 is 0. The molecule has 20 heavy (non-hydrogen) atoms. The number of rotatable bonds is 5. The highest BCUT2D eigenvalue weighted by molar-refractivity contribution is 7.99. The summed E-state index contributed by atoms with van der Waals surface area (Å²) in [7, 11) is 0. The van der Waals surface area contributed by atoms with Crippen molar-refractivity contribution in [1.82, 2.24) is 0 Å².